The molecule has 11 heteroatoms. The van der Waals surface area contributed by atoms with Crippen molar-refractivity contribution in [2.24, 2.45) is 0 Å². The first-order chi connectivity index (χ1) is 17.9. The van der Waals surface area contributed by atoms with Gasteiger partial charge in [-0.1, -0.05) is 39.8 Å². The van der Waals surface area contributed by atoms with Gasteiger partial charge in [0.25, 0.3) is 11.5 Å². The summed E-state index contributed by atoms with van der Waals surface area (Å²) in [7, 11) is 1.58. The van der Waals surface area contributed by atoms with E-state index in [2.05, 4.69) is 26.6 Å². The van der Waals surface area contributed by atoms with Gasteiger partial charge in [-0.3, -0.25) is 19.0 Å². The molecule has 0 saturated carbocycles. The third-order valence-corrected chi connectivity index (χ3v) is 7.38. The number of carbonyl (C=O) groups excluding carboxylic acids is 2. The van der Waals surface area contributed by atoms with Gasteiger partial charge in [-0.15, -0.1) is 0 Å². The fourth-order valence-corrected chi connectivity index (χ4v) is 5.14. The number of hydrogen-bond acceptors (Lipinski definition) is 7. The van der Waals surface area contributed by atoms with E-state index in [4.69, 9.17) is 14.5 Å². The molecule has 196 valence electrons. The van der Waals surface area contributed by atoms with Crippen molar-refractivity contribution in [3.05, 3.63) is 68.4 Å². The van der Waals surface area contributed by atoms with Gasteiger partial charge in [0.2, 0.25) is 5.91 Å². The van der Waals surface area contributed by atoms with E-state index in [-0.39, 0.29) is 35.8 Å². The predicted octanol–water partition coefficient (Wildman–Crippen LogP) is 2.97. The highest BCUT2D eigenvalue weighted by Crippen LogP contribution is 2.22. The average Bonchev–Trinajstić information content (AvgIpc) is 3.43. The fraction of sp³-hybridized carbons (Fsp3) is 0.385. The van der Waals surface area contributed by atoms with Gasteiger partial charge in [0.1, 0.15) is 0 Å². The molecule has 0 aliphatic carbocycles. The van der Waals surface area contributed by atoms with Crippen LogP contribution in [0.2, 0.25) is 0 Å². The van der Waals surface area contributed by atoms with E-state index in [0.717, 1.165) is 29.5 Å². The lowest BCUT2D eigenvalue weighted by molar-refractivity contribution is -0.119. The topological polar surface area (TPSA) is 112 Å². The second-order valence-corrected chi connectivity index (χ2v) is 10.5. The number of ether oxygens (including phenoxy) is 2. The molecule has 2 aromatic carbocycles. The number of halogens is 1. The Labute approximate surface area is 227 Å². The Morgan fingerprint density at radius 2 is 2.03 bits per heavy atom. The van der Waals surface area contributed by atoms with Crippen LogP contribution < -0.4 is 16.2 Å². The standard InChI is InChI=1S/C26H29BrN4O5S/c1-35-12-10-28-24(33)18-6-4-17(5-7-18)15-31-25(34)21-13-19(27)8-9-22(21)30-26(31)37-16-23(32)29-14-20-3-2-11-36-20/h4-9,13,20H,2-3,10-12,14-16H2,1H3,(H,28,33)(H,29,32)/t20-/m1/s1. The summed E-state index contributed by atoms with van der Waals surface area (Å²) < 4.78 is 12.9. The van der Waals surface area contributed by atoms with Crippen LogP contribution in [0.15, 0.2) is 56.9 Å². The highest BCUT2D eigenvalue weighted by Gasteiger charge is 2.18. The SMILES string of the molecule is COCCNC(=O)c1ccc(Cn2c(SCC(=O)NC[C@H]3CCCO3)nc3ccc(Br)cc3c2=O)cc1. The van der Waals surface area contributed by atoms with Crippen molar-refractivity contribution in [2.45, 2.75) is 30.6 Å². The van der Waals surface area contributed by atoms with Crippen molar-refractivity contribution >= 4 is 50.4 Å². The number of rotatable bonds is 11. The van der Waals surface area contributed by atoms with Crippen LogP contribution in [-0.4, -0.2) is 66.6 Å². The Bertz CT molecular complexity index is 1310. The number of carbonyl (C=O) groups is 2. The summed E-state index contributed by atoms with van der Waals surface area (Å²) in [6.07, 6.45) is 2.02. The summed E-state index contributed by atoms with van der Waals surface area (Å²) in [4.78, 5) is 42.9. The first-order valence-electron chi connectivity index (χ1n) is 12.0. The molecule has 3 aromatic rings. The molecule has 1 aliphatic heterocycles. The molecule has 4 rings (SSSR count). The lowest BCUT2D eigenvalue weighted by atomic mass is 10.1. The smallest absolute Gasteiger partial charge is 0.262 e. The number of amides is 2. The minimum Gasteiger partial charge on any atom is -0.383 e. The monoisotopic (exact) mass is 588 g/mol. The minimum absolute atomic E-state index is 0.0643. The van der Waals surface area contributed by atoms with E-state index >= 15 is 0 Å². The van der Waals surface area contributed by atoms with E-state index < -0.39 is 0 Å². The maximum absolute atomic E-state index is 13.5. The van der Waals surface area contributed by atoms with Gasteiger partial charge < -0.3 is 20.1 Å². The fourth-order valence-electron chi connectivity index (χ4n) is 3.95. The molecule has 2 N–H and O–H groups in total. The second-order valence-electron chi connectivity index (χ2n) is 8.62. The van der Waals surface area contributed by atoms with Crippen LogP contribution in [0.25, 0.3) is 10.9 Å². The molecule has 1 fully saturated rings. The first kappa shape index (κ1) is 27.3. The number of methoxy groups -OCH3 is 1. The molecule has 0 radical (unpaired) electrons. The molecular weight excluding hydrogens is 560 g/mol. The lowest BCUT2D eigenvalue weighted by Gasteiger charge is -2.14. The van der Waals surface area contributed by atoms with Gasteiger partial charge in [-0.05, 0) is 48.7 Å². The molecular formula is C26H29BrN4O5S. The van der Waals surface area contributed by atoms with Gasteiger partial charge in [0, 0.05) is 36.8 Å². The summed E-state index contributed by atoms with van der Waals surface area (Å²) in [6.45, 7) is 2.33. The van der Waals surface area contributed by atoms with Crippen LogP contribution in [0.1, 0.15) is 28.8 Å². The van der Waals surface area contributed by atoms with Crippen LogP contribution in [0.4, 0.5) is 0 Å². The van der Waals surface area contributed by atoms with Crippen LogP contribution in [0, 0.1) is 0 Å². The van der Waals surface area contributed by atoms with Gasteiger partial charge >= 0.3 is 0 Å². The summed E-state index contributed by atoms with van der Waals surface area (Å²) in [5.41, 5.74) is 1.71. The molecule has 0 bridgehead atoms. The van der Waals surface area contributed by atoms with Crippen molar-refractivity contribution in [1.29, 1.82) is 0 Å². The molecule has 1 saturated heterocycles. The quantitative estimate of drug-likeness (QED) is 0.201. The van der Waals surface area contributed by atoms with Crippen LogP contribution in [0.3, 0.4) is 0 Å². The number of nitrogens with zero attached hydrogens (tertiary/aromatic N) is 2. The molecule has 2 amide bonds. The third-order valence-electron chi connectivity index (χ3n) is 5.91. The van der Waals surface area contributed by atoms with Crippen molar-refractivity contribution in [3.8, 4) is 0 Å². The van der Waals surface area contributed by atoms with E-state index in [9.17, 15) is 14.4 Å². The molecule has 0 spiro atoms. The number of nitrogens with one attached hydrogen (secondary N) is 2. The van der Waals surface area contributed by atoms with Crippen molar-refractivity contribution in [1.82, 2.24) is 20.2 Å². The van der Waals surface area contributed by atoms with Crippen molar-refractivity contribution in [3.63, 3.8) is 0 Å². The summed E-state index contributed by atoms with van der Waals surface area (Å²) in [5, 5.41) is 6.63. The molecule has 1 aromatic heterocycles. The number of fused-ring (bicyclic) bond motifs is 1. The minimum atomic E-state index is -0.199. The van der Waals surface area contributed by atoms with Gasteiger partial charge in [-0.2, -0.15) is 0 Å². The van der Waals surface area contributed by atoms with Crippen LogP contribution in [-0.2, 0) is 20.8 Å². The van der Waals surface area contributed by atoms with E-state index in [1.54, 1.807) is 35.9 Å². The number of hydrogen-bond donors (Lipinski definition) is 2. The Morgan fingerprint density at radius 3 is 2.76 bits per heavy atom. The first-order valence-corrected chi connectivity index (χ1v) is 13.8. The maximum Gasteiger partial charge on any atom is 0.262 e. The zero-order valence-electron chi connectivity index (χ0n) is 20.5. The Balaban J connectivity index is 1.52. The van der Waals surface area contributed by atoms with Gasteiger partial charge in [-0.25, -0.2) is 4.98 Å². The molecule has 37 heavy (non-hydrogen) atoms. The second kappa shape index (κ2) is 13.2. The van der Waals surface area contributed by atoms with E-state index in [1.807, 2.05) is 18.2 Å². The zero-order valence-corrected chi connectivity index (χ0v) is 22.9. The molecule has 9 nitrogen and oxygen atoms in total. The normalized spacial score (nSPS) is 15.1. The van der Waals surface area contributed by atoms with E-state index in [1.165, 1.54) is 11.8 Å². The molecule has 0 unspecified atom stereocenters. The largest absolute Gasteiger partial charge is 0.383 e. The highest BCUT2D eigenvalue weighted by molar-refractivity contribution is 9.10. The highest BCUT2D eigenvalue weighted by atomic mass is 79.9. The zero-order chi connectivity index (χ0) is 26.2. The third kappa shape index (κ3) is 7.41. The van der Waals surface area contributed by atoms with Gasteiger partial charge in [0.05, 0.1) is 35.9 Å². The maximum atomic E-state index is 13.5. The van der Waals surface area contributed by atoms with Gasteiger partial charge in [0.15, 0.2) is 5.16 Å². The lowest BCUT2D eigenvalue weighted by Crippen LogP contribution is -2.33. The van der Waals surface area contributed by atoms with Crippen molar-refractivity contribution < 1.29 is 19.1 Å². The van der Waals surface area contributed by atoms with Crippen LogP contribution >= 0.6 is 27.7 Å². The summed E-state index contributed by atoms with van der Waals surface area (Å²) in [5.74, 6) is -0.203. The van der Waals surface area contributed by atoms with Crippen molar-refractivity contribution in [2.75, 3.05) is 39.2 Å². The summed E-state index contributed by atoms with van der Waals surface area (Å²) >= 11 is 4.65. The Kier molecular flexibility index (Phi) is 9.73. The Morgan fingerprint density at radius 1 is 1.22 bits per heavy atom. The number of thioether (sulfide) groups is 1. The van der Waals surface area contributed by atoms with E-state index in [0.29, 0.717) is 41.3 Å². The summed E-state index contributed by atoms with van der Waals surface area (Å²) in [6, 6.07) is 12.4. The number of aromatic nitrogens is 2. The number of benzene rings is 2. The molecule has 1 atom stereocenters. The Hall–Kier alpha value is -2.73. The van der Waals surface area contributed by atoms with Crippen LogP contribution in [0.5, 0.6) is 0 Å². The predicted molar refractivity (Wildman–Crippen MR) is 146 cm³/mol. The average molecular weight is 590 g/mol. The molecule has 2 heterocycles. The molecule has 1 aliphatic rings.